The van der Waals surface area contributed by atoms with Crippen LogP contribution in [0.2, 0.25) is 5.02 Å². The van der Waals surface area contributed by atoms with Crippen LogP contribution in [0.25, 0.3) is 0 Å². The molecule has 3 rings (SSSR count). The maximum absolute atomic E-state index is 12.9. The lowest BCUT2D eigenvalue weighted by Gasteiger charge is -2.27. The molecular weight excluding hydrogens is 368 g/mol. The topological polar surface area (TPSA) is 67.9 Å². The third-order valence-electron chi connectivity index (χ3n) is 4.91. The van der Waals surface area contributed by atoms with Crippen LogP contribution in [0.5, 0.6) is 0 Å². The van der Waals surface area contributed by atoms with Gasteiger partial charge in [0.25, 0.3) is 0 Å². The Morgan fingerprint density at radius 1 is 1.30 bits per heavy atom. The van der Waals surface area contributed by atoms with Gasteiger partial charge in [-0.15, -0.1) is 0 Å². The zero-order valence-corrected chi connectivity index (χ0v) is 16.7. The van der Waals surface area contributed by atoms with Gasteiger partial charge in [0.2, 0.25) is 5.91 Å². The van der Waals surface area contributed by atoms with Crippen LogP contribution >= 0.6 is 11.6 Å². The number of nitrogens with zero attached hydrogens (tertiary/aromatic N) is 1. The van der Waals surface area contributed by atoms with Gasteiger partial charge >= 0.3 is 6.09 Å². The van der Waals surface area contributed by atoms with Crippen LogP contribution in [0.4, 0.5) is 4.79 Å². The molecule has 7 heteroatoms. The molecule has 6 nitrogen and oxygen atoms in total. The average molecular weight is 394 g/mol. The molecule has 0 bridgehead atoms. The SMILES string of the molecule is CC(C)(C)OOC(=O)N1CC2C[CH]CC2C1C(=O)NCc1cccc(Cl)c1. The zero-order chi connectivity index (χ0) is 19.6. The minimum atomic E-state index is -0.609. The molecule has 1 saturated heterocycles. The zero-order valence-electron chi connectivity index (χ0n) is 15.9. The summed E-state index contributed by atoms with van der Waals surface area (Å²) in [6.07, 6.45) is 3.32. The predicted molar refractivity (Wildman–Crippen MR) is 102 cm³/mol. The smallest absolute Gasteiger partial charge is 0.350 e. The average Bonchev–Trinajstić information content (AvgIpc) is 3.17. The maximum Gasteiger partial charge on any atom is 0.441 e. The van der Waals surface area contributed by atoms with Crippen molar-refractivity contribution in [1.82, 2.24) is 10.2 Å². The number of likely N-dealkylation sites (tertiary alicyclic amines) is 1. The molecule has 1 saturated carbocycles. The second-order valence-electron chi connectivity index (χ2n) is 8.17. The first-order valence-corrected chi connectivity index (χ1v) is 9.62. The molecule has 1 radical (unpaired) electrons. The van der Waals surface area contributed by atoms with Crippen molar-refractivity contribution in [3.8, 4) is 0 Å². The molecule has 0 aromatic heterocycles. The third kappa shape index (κ3) is 4.93. The maximum atomic E-state index is 12.9. The van der Waals surface area contributed by atoms with E-state index in [0.717, 1.165) is 18.4 Å². The van der Waals surface area contributed by atoms with E-state index < -0.39 is 17.7 Å². The van der Waals surface area contributed by atoms with Gasteiger partial charge in [-0.1, -0.05) is 23.7 Å². The second-order valence-corrected chi connectivity index (χ2v) is 8.61. The van der Waals surface area contributed by atoms with Crippen molar-refractivity contribution in [3.05, 3.63) is 41.3 Å². The van der Waals surface area contributed by atoms with Crippen LogP contribution < -0.4 is 5.32 Å². The summed E-state index contributed by atoms with van der Waals surface area (Å²) in [5, 5.41) is 3.56. The van der Waals surface area contributed by atoms with Crippen LogP contribution in [0.1, 0.15) is 39.2 Å². The number of rotatable bonds is 4. The minimum absolute atomic E-state index is 0.117. The van der Waals surface area contributed by atoms with E-state index in [4.69, 9.17) is 21.4 Å². The highest BCUT2D eigenvalue weighted by Gasteiger charge is 2.50. The Hall–Kier alpha value is -1.79. The number of hydrogen-bond acceptors (Lipinski definition) is 4. The van der Waals surface area contributed by atoms with E-state index in [1.54, 1.807) is 26.8 Å². The van der Waals surface area contributed by atoms with Gasteiger partial charge in [0.1, 0.15) is 11.6 Å². The summed E-state index contributed by atoms with van der Waals surface area (Å²) in [7, 11) is 0. The Labute approximate surface area is 165 Å². The molecule has 147 valence electrons. The van der Waals surface area contributed by atoms with Crippen LogP contribution in [0.3, 0.4) is 0 Å². The summed E-state index contributed by atoms with van der Waals surface area (Å²) in [4.78, 5) is 37.1. The largest absolute Gasteiger partial charge is 0.441 e. The fourth-order valence-electron chi connectivity index (χ4n) is 3.74. The van der Waals surface area contributed by atoms with Gasteiger partial charge in [-0.3, -0.25) is 14.6 Å². The molecule has 1 aromatic rings. The molecule has 3 atom stereocenters. The number of fused-ring (bicyclic) bond motifs is 1. The van der Waals surface area contributed by atoms with Crippen molar-refractivity contribution >= 4 is 23.6 Å². The Kier molecular flexibility index (Phi) is 5.96. The quantitative estimate of drug-likeness (QED) is 0.625. The third-order valence-corrected chi connectivity index (χ3v) is 5.14. The molecule has 3 unspecified atom stereocenters. The van der Waals surface area contributed by atoms with Gasteiger partial charge in [0, 0.05) is 18.1 Å². The summed E-state index contributed by atoms with van der Waals surface area (Å²) in [5.74, 6) is 0.228. The summed E-state index contributed by atoms with van der Waals surface area (Å²) in [6.45, 7) is 6.25. The Morgan fingerprint density at radius 3 is 2.78 bits per heavy atom. The summed E-state index contributed by atoms with van der Waals surface area (Å²) in [6, 6.07) is 6.79. The van der Waals surface area contributed by atoms with E-state index in [2.05, 4.69) is 11.7 Å². The molecule has 27 heavy (non-hydrogen) atoms. The first-order valence-electron chi connectivity index (χ1n) is 9.25. The number of carbonyl (C=O) groups excluding carboxylic acids is 2. The molecule has 1 heterocycles. The van der Waals surface area contributed by atoms with Gasteiger partial charge in [0.05, 0.1) is 0 Å². The van der Waals surface area contributed by atoms with Gasteiger partial charge in [-0.05, 0) is 69.6 Å². The number of nitrogens with one attached hydrogen (secondary N) is 1. The lowest BCUT2D eigenvalue weighted by Crippen LogP contribution is -2.48. The normalized spacial score (nSPS) is 24.6. The number of halogens is 1. The molecule has 2 fully saturated rings. The van der Waals surface area contributed by atoms with Crippen molar-refractivity contribution in [1.29, 1.82) is 0 Å². The number of amides is 2. The highest BCUT2D eigenvalue weighted by atomic mass is 35.5. The van der Waals surface area contributed by atoms with Crippen LogP contribution in [-0.2, 0) is 21.1 Å². The Balaban J connectivity index is 1.67. The first-order chi connectivity index (χ1) is 12.7. The predicted octanol–water partition coefficient (Wildman–Crippen LogP) is 3.74. The molecule has 2 amide bonds. The molecule has 1 aliphatic carbocycles. The number of hydrogen-bond donors (Lipinski definition) is 1. The fraction of sp³-hybridized carbons (Fsp3) is 0.550. The van der Waals surface area contributed by atoms with E-state index in [-0.39, 0.29) is 17.7 Å². The number of benzene rings is 1. The molecule has 0 spiro atoms. The van der Waals surface area contributed by atoms with Gasteiger partial charge in [-0.25, -0.2) is 4.79 Å². The van der Waals surface area contributed by atoms with Crippen LogP contribution in [0.15, 0.2) is 24.3 Å². The molecule has 1 aromatic carbocycles. The fourth-order valence-corrected chi connectivity index (χ4v) is 3.95. The standard InChI is InChI=1S/C20H26ClN2O4/c1-20(2,3)27-26-19(25)23-12-14-7-5-9-16(14)17(23)18(24)22-11-13-6-4-8-15(21)10-13/h4-6,8,10,14,16-17H,7,9,11-12H2,1-3H3,(H,22,24). The van der Waals surface area contributed by atoms with E-state index in [1.807, 2.05) is 18.2 Å². The van der Waals surface area contributed by atoms with E-state index in [9.17, 15) is 9.59 Å². The van der Waals surface area contributed by atoms with Crippen LogP contribution in [0, 0.1) is 18.3 Å². The second kappa shape index (κ2) is 8.07. The minimum Gasteiger partial charge on any atom is -0.350 e. The number of carbonyl (C=O) groups is 2. The van der Waals surface area contributed by atoms with E-state index >= 15 is 0 Å². The van der Waals surface area contributed by atoms with Crippen molar-refractivity contribution < 1.29 is 19.4 Å². The van der Waals surface area contributed by atoms with Crippen molar-refractivity contribution in [2.24, 2.45) is 11.8 Å². The lowest BCUT2D eigenvalue weighted by molar-refractivity contribution is -0.305. The summed E-state index contributed by atoms with van der Waals surface area (Å²) >= 11 is 6.00. The van der Waals surface area contributed by atoms with Gasteiger partial charge in [0.15, 0.2) is 0 Å². The molecular formula is C20H26ClN2O4. The van der Waals surface area contributed by atoms with E-state index in [1.165, 1.54) is 4.90 Å². The van der Waals surface area contributed by atoms with Gasteiger partial charge in [-0.2, -0.15) is 4.89 Å². The molecule has 1 N–H and O–H groups in total. The monoisotopic (exact) mass is 393 g/mol. The van der Waals surface area contributed by atoms with Crippen molar-refractivity contribution in [3.63, 3.8) is 0 Å². The highest BCUT2D eigenvalue weighted by Crippen LogP contribution is 2.42. The summed E-state index contributed by atoms with van der Waals surface area (Å²) in [5.41, 5.74) is 0.303. The highest BCUT2D eigenvalue weighted by molar-refractivity contribution is 6.30. The lowest BCUT2D eigenvalue weighted by atomic mass is 9.93. The van der Waals surface area contributed by atoms with Crippen LogP contribution in [-0.4, -0.2) is 35.1 Å². The van der Waals surface area contributed by atoms with E-state index in [0.29, 0.717) is 18.1 Å². The molecule has 1 aliphatic heterocycles. The molecule has 2 aliphatic rings. The summed E-state index contributed by atoms with van der Waals surface area (Å²) < 4.78 is 0. The Morgan fingerprint density at radius 2 is 2.07 bits per heavy atom. The van der Waals surface area contributed by atoms with Gasteiger partial charge < -0.3 is 5.32 Å². The first kappa shape index (κ1) is 20.0. The van der Waals surface area contributed by atoms with Crippen molar-refractivity contribution in [2.45, 2.75) is 51.8 Å². The van der Waals surface area contributed by atoms with Crippen molar-refractivity contribution in [2.75, 3.05) is 6.54 Å². The Bertz CT molecular complexity index is 703.